The van der Waals surface area contributed by atoms with Crippen molar-refractivity contribution in [3.05, 3.63) is 53.1 Å². The highest BCUT2D eigenvalue weighted by molar-refractivity contribution is 6.03. The molecule has 124 valence electrons. The molecule has 0 atom stereocenters. The van der Waals surface area contributed by atoms with Gasteiger partial charge in [-0.05, 0) is 43.2 Å². The number of hydrogen-bond donors (Lipinski definition) is 2. The summed E-state index contributed by atoms with van der Waals surface area (Å²) in [5.41, 5.74) is 5.27. The van der Waals surface area contributed by atoms with Crippen LogP contribution in [0.1, 0.15) is 57.5 Å². The van der Waals surface area contributed by atoms with Gasteiger partial charge < -0.3 is 11.1 Å². The number of rotatable bonds is 5. The van der Waals surface area contributed by atoms with Crippen molar-refractivity contribution in [3.63, 3.8) is 0 Å². The monoisotopic (exact) mass is 332 g/mol. The predicted molar refractivity (Wildman–Crippen MR) is 81.9 cm³/mol. The minimum absolute atomic E-state index is 0.0464. The van der Waals surface area contributed by atoms with Gasteiger partial charge in [-0.1, -0.05) is 0 Å². The summed E-state index contributed by atoms with van der Waals surface area (Å²) in [7, 11) is 0. The molecule has 24 heavy (non-hydrogen) atoms. The molecule has 2 amide bonds. The summed E-state index contributed by atoms with van der Waals surface area (Å²) in [5.74, 6) is -0.875. The minimum Gasteiger partial charge on any atom is -0.366 e. The van der Waals surface area contributed by atoms with Crippen LogP contribution in [0.5, 0.6) is 0 Å². The van der Waals surface area contributed by atoms with Crippen LogP contribution < -0.4 is 11.1 Å². The molecule has 0 radical (unpaired) electrons. The normalized spacial score (nSPS) is 13.8. The number of benzene rings is 1. The average molecular weight is 332 g/mol. The zero-order chi connectivity index (χ0) is 17.3. The molecule has 1 heterocycles. The zero-order valence-electron chi connectivity index (χ0n) is 12.5. The third-order valence-corrected chi connectivity index (χ3v) is 3.59. The van der Waals surface area contributed by atoms with E-state index in [4.69, 9.17) is 5.73 Å². The maximum Gasteiger partial charge on any atom is 0.280 e. The fourth-order valence-corrected chi connectivity index (χ4v) is 2.15. The molecule has 0 aliphatic heterocycles. The first-order valence-corrected chi connectivity index (χ1v) is 7.32. The Labute approximate surface area is 136 Å². The predicted octanol–water partition coefficient (Wildman–Crippen LogP) is 2.64. The number of hydrogen-bond acceptors (Lipinski definition) is 4. The fraction of sp³-hybridized carbons (Fsp3) is 0.250. The van der Waals surface area contributed by atoms with Gasteiger partial charge in [-0.2, -0.15) is 0 Å². The van der Waals surface area contributed by atoms with E-state index >= 15 is 0 Å². The first kappa shape index (κ1) is 16.0. The average Bonchev–Trinajstić information content (AvgIpc) is 3.39. The third-order valence-electron chi connectivity index (χ3n) is 3.59. The van der Waals surface area contributed by atoms with E-state index in [-0.39, 0.29) is 17.4 Å². The number of alkyl halides is 2. The molecule has 1 aliphatic carbocycles. The Kier molecular flexibility index (Phi) is 4.20. The fourth-order valence-electron chi connectivity index (χ4n) is 2.15. The lowest BCUT2D eigenvalue weighted by molar-refractivity contribution is 0.0997. The van der Waals surface area contributed by atoms with E-state index in [0.717, 1.165) is 18.9 Å². The Hall–Kier alpha value is -2.90. The molecule has 2 aromatic rings. The summed E-state index contributed by atoms with van der Waals surface area (Å²) in [6.07, 6.45) is -1.10. The van der Waals surface area contributed by atoms with Crippen molar-refractivity contribution in [2.45, 2.75) is 25.2 Å². The van der Waals surface area contributed by atoms with Gasteiger partial charge in [0.1, 0.15) is 17.2 Å². The van der Waals surface area contributed by atoms with Crippen LogP contribution in [0.15, 0.2) is 30.3 Å². The highest BCUT2D eigenvalue weighted by atomic mass is 19.3. The van der Waals surface area contributed by atoms with E-state index < -0.39 is 23.9 Å². The van der Waals surface area contributed by atoms with Crippen LogP contribution in [0, 0.1) is 0 Å². The smallest absolute Gasteiger partial charge is 0.280 e. The minimum atomic E-state index is -2.77. The number of nitrogens with two attached hydrogens (primary N) is 1. The standard InChI is InChI=1S/C16H14F2N4O2/c17-13(18)11-7-12(22-15(21-11)9-1-2-9)16(24)20-10-5-3-8(4-6-10)14(19)23/h3-7,9,13H,1-2H2,(H2,19,23)(H,20,24). The summed E-state index contributed by atoms with van der Waals surface area (Å²) in [5, 5.41) is 2.55. The Morgan fingerprint density at radius 2 is 1.83 bits per heavy atom. The molecule has 3 rings (SSSR count). The largest absolute Gasteiger partial charge is 0.366 e. The molecule has 1 fully saturated rings. The molecule has 1 saturated carbocycles. The van der Waals surface area contributed by atoms with E-state index in [0.29, 0.717) is 11.3 Å². The Morgan fingerprint density at radius 3 is 2.38 bits per heavy atom. The summed E-state index contributed by atoms with van der Waals surface area (Å²) in [6.45, 7) is 0. The first-order chi connectivity index (χ1) is 11.4. The van der Waals surface area contributed by atoms with Crippen LogP contribution in [0.3, 0.4) is 0 Å². The molecule has 1 aliphatic rings. The first-order valence-electron chi connectivity index (χ1n) is 7.32. The van der Waals surface area contributed by atoms with Gasteiger partial charge in [0.15, 0.2) is 0 Å². The molecular weight excluding hydrogens is 318 g/mol. The molecule has 0 saturated heterocycles. The lowest BCUT2D eigenvalue weighted by Gasteiger charge is -2.08. The van der Waals surface area contributed by atoms with Gasteiger partial charge in [-0.3, -0.25) is 9.59 Å². The van der Waals surface area contributed by atoms with Crippen molar-refractivity contribution < 1.29 is 18.4 Å². The van der Waals surface area contributed by atoms with Crippen molar-refractivity contribution in [2.24, 2.45) is 5.73 Å². The number of halogens is 2. The van der Waals surface area contributed by atoms with Crippen molar-refractivity contribution in [1.29, 1.82) is 0 Å². The SMILES string of the molecule is NC(=O)c1ccc(NC(=O)c2cc(C(F)F)nc(C3CC3)n2)cc1. The maximum absolute atomic E-state index is 13.0. The van der Waals surface area contributed by atoms with Crippen LogP contribution >= 0.6 is 0 Å². The Morgan fingerprint density at radius 1 is 1.17 bits per heavy atom. The Bertz CT molecular complexity index is 769. The van der Waals surface area contributed by atoms with Gasteiger partial charge in [0.2, 0.25) is 5.91 Å². The van der Waals surface area contributed by atoms with E-state index in [9.17, 15) is 18.4 Å². The summed E-state index contributed by atoms with van der Waals surface area (Å²) in [6, 6.07) is 6.89. The molecule has 6 nitrogen and oxygen atoms in total. The van der Waals surface area contributed by atoms with Gasteiger partial charge in [0.05, 0.1) is 0 Å². The van der Waals surface area contributed by atoms with Crippen molar-refractivity contribution >= 4 is 17.5 Å². The van der Waals surface area contributed by atoms with Gasteiger partial charge >= 0.3 is 0 Å². The summed E-state index contributed by atoms with van der Waals surface area (Å²) >= 11 is 0. The highest BCUT2D eigenvalue weighted by Gasteiger charge is 2.29. The quantitative estimate of drug-likeness (QED) is 0.879. The Balaban J connectivity index is 1.82. The second-order valence-electron chi connectivity index (χ2n) is 5.51. The summed E-state index contributed by atoms with van der Waals surface area (Å²) < 4.78 is 25.9. The molecule has 0 bridgehead atoms. The number of carbonyl (C=O) groups is 2. The van der Waals surface area contributed by atoms with Crippen LogP contribution in [-0.2, 0) is 0 Å². The van der Waals surface area contributed by atoms with E-state index in [1.165, 1.54) is 24.3 Å². The maximum atomic E-state index is 13.0. The number of nitrogens with one attached hydrogen (secondary N) is 1. The number of nitrogens with zero attached hydrogens (tertiary/aromatic N) is 2. The number of amides is 2. The van der Waals surface area contributed by atoms with Gasteiger partial charge in [0.25, 0.3) is 12.3 Å². The lowest BCUT2D eigenvalue weighted by atomic mass is 10.2. The topological polar surface area (TPSA) is 98.0 Å². The lowest BCUT2D eigenvalue weighted by Crippen LogP contribution is -2.16. The number of aromatic nitrogens is 2. The molecule has 0 unspecified atom stereocenters. The molecule has 1 aromatic carbocycles. The van der Waals surface area contributed by atoms with E-state index in [1.54, 1.807) is 0 Å². The highest BCUT2D eigenvalue weighted by Crippen LogP contribution is 2.38. The number of anilines is 1. The summed E-state index contributed by atoms with van der Waals surface area (Å²) in [4.78, 5) is 31.2. The van der Waals surface area contributed by atoms with Crippen molar-refractivity contribution in [2.75, 3.05) is 5.32 Å². The van der Waals surface area contributed by atoms with Crippen LogP contribution in [-0.4, -0.2) is 21.8 Å². The molecule has 3 N–H and O–H groups in total. The molecule has 0 spiro atoms. The van der Waals surface area contributed by atoms with Crippen LogP contribution in [0.2, 0.25) is 0 Å². The number of carbonyl (C=O) groups excluding carboxylic acids is 2. The van der Waals surface area contributed by atoms with Gasteiger partial charge in [0, 0.05) is 17.2 Å². The molecular formula is C16H14F2N4O2. The zero-order valence-corrected chi connectivity index (χ0v) is 12.5. The van der Waals surface area contributed by atoms with E-state index in [1.807, 2.05) is 0 Å². The van der Waals surface area contributed by atoms with Crippen molar-refractivity contribution in [3.8, 4) is 0 Å². The molecule has 8 heteroatoms. The number of primary amides is 1. The van der Waals surface area contributed by atoms with E-state index in [2.05, 4.69) is 15.3 Å². The van der Waals surface area contributed by atoms with Gasteiger partial charge in [-0.15, -0.1) is 0 Å². The second-order valence-corrected chi connectivity index (χ2v) is 5.51. The molecule has 1 aromatic heterocycles. The van der Waals surface area contributed by atoms with Gasteiger partial charge in [-0.25, -0.2) is 18.7 Å². The second kappa shape index (κ2) is 6.31. The van der Waals surface area contributed by atoms with Crippen molar-refractivity contribution in [1.82, 2.24) is 9.97 Å². The van der Waals surface area contributed by atoms with Crippen LogP contribution in [0.25, 0.3) is 0 Å². The third kappa shape index (κ3) is 3.53. The van der Waals surface area contributed by atoms with Crippen LogP contribution in [0.4, 0.5) is 14.5 Å².